The van der Waals surface area contributed by atoms with Gasteiger partial charge in [-0.3, -0.25) is 29.0 Å². The molecule has 0 aliphatic carbocycles. The molecule has 4 rings (SSSR count). The van der Waals surface area contributed by atoms with Gasteiger partial charge in [0.15, 0.2) is 6.04 Å². The minimum atomic E-state index is -2.24. The van der Waals surface area contributed by atoms with E-state index in [9.17, 15) is 38.9 Å². The molecule has 0 spiro atoms. The maximum atomic E-state index is 13.6. The van der Waals surface area contributed by atoms with Crippen LogP contribution in [0.3, 0.4) is 0 Å². The van der Waals surface area contributed by atoms with Crippen LogP contribution in [0.25, 0.3) is 5.53 Å². The second-order valence-electron chi connectivity index (χ2n) is 9.59. The lowest BCUT2D eigenvalue weighted by atomic mass is 10.0. The largest absolute Gasteiger partial charge is 0.604 e. The number of amides is 6. The molecule has 1 aromatic rings. The van der Waals surface area contributed by atoms with E-state index in [0.29, 0.717) is 4.90 Å². The maximum absolute atomic E-state index is 13.6. The number of esters is 1. The second kappa shape index (κ2) is 13.1. The third kappa shape index (κ3) is 6.41. The minimum Gasteiger partial charge on any atom is -0.604 e. The quantitative estimate of drug-likeness (QED) is 0.0776. The molecule has 3 heterocycles. The third-order valence-corrected chi connectivity index (χ3v) is 8.94. The Hall–Kier alpha value is -3.66. The Morgan fingerprint density at radius 1 is 1.16 bits per heavy atom. The number of halogens is 3. The van der Waals surface area contributed by atoms with Crippen LogP contribution < -0.4 is 10.6 Å². The van der Waals surface area contributed by atoms with E-state index in [-0.39, 0.29) is 30.8 Å². The average Bonchev–Trinajstić information content (AvgIpc) is 2.98. The van der Waals surface area contributed by atoms with Gasteiger partial charge in [0, 0.05) is 19.6 Å². The van der Waals surface area contributed by atoms with Gasteiger partial charge in [0.1, 0.15) is 23.9 Å². The third-order valence-electron chi connectivity index (χ3n) is 6.92. The molecule has 6 amide bonds. The van der Waals surface area contributed by atoms with E-state index in [1.807, 2.05) is 0 Å². The van der Waals surface area contributed by atoms with Crippen LogP contribution in [-0.4, -0.2) is 106 Å². The average molecular weight is 689 g/mol. The molecule has 2 N–H and O–H groups in total. The second-order valence-corrected chi connectivity index (χ2v) is 13.6. The summed E-state index contributed by atoms with van der Waals surface area (Å²) >= 11 is 14.7. The fourth-order valence-corrected chi connectivity index (χ4v) is 6.44. The first kappa shape index (κ1) is 33.2. The van der Waals surface area contributed by atoms with E-state index in [0.717, 1.165) is 4.90 Å². The molecule has 0 saturated carbocycles. The number of fused-ring (bicyclic) bond motifs is 1. The van der Waals surface area contributed by atoms with Crippen LogP contribution in [0.1, 0.15) is 25.5 Å². The lowest BCUT2D eigenvalue weighted by molar-refractivity contribution is -0.153. The molecular formula is C25H24Cl3N7O8S. The van der Waals surface area contributed by atoms with Crippen LogP contribution in [-0.2, 0) is 39.9 Å². The number of likely N-dealkylation sites (N-methyl/N-ethyl adjacent to an activating group) is 1. The predicted octanol–water partition coefficient (Wildman–Crippen LogP) is 0.359. The summed E-state index contributed by atoms with van der Waals surface area (Å²) in [5, 5.41) is 2.97. The molecule has 44 heavy (non-hydrogen) atoms. The van der Waals surface area contributed by atoms with Crippen molar-refractivity contribution in [3.63, 3.8) is 0 Å². The van der Waals surface area contributed by atoms with E-state index in [4.69, 9.17) is 39.5 Å². The first-order chi connectivity index (χ1) is 20.7. The van der Waals surface area contributed by atoms with E-state index in [2.05, 4.69) is 15.4 Å². The number of urea groups is 1. The van der Waals surface area contributed by atoms with Crippen LogP contribution in [0.15, 0.2) is 41.6 Å². The van der Waals surface area contributed by atoms with E-state index >= 15 is 0 Å². The first-order valence-corrected chi connectivity index (χ1v) is 15.2. The zero-order chi connectivity index (χ0) is 32.5. The Balaban J connectivity index is 1.57. The van der Waals surface area contributed by atoms with Gasteiger partial charge in [0.05, 0.1) is 11.2 Å². The smallest absolute Gasteiger partial charge is 0.490 e. The van der Waals surface area contributed by atoms with Crippen molar-refractivity contribution >= 4 is 86.7 Å². The molecule has 2 fully saturated rings. The normalized spacial score (nSPS) is 22.6. The summed E-state index contributed by atoms with van der Waals surface area (Å²) in [6.07, 6.45) is 0. The van der Waals surface area contributed by atoms with Crippen molar-refractivity contribution in [1.82, 2.24) is 25.3 Å². The van der Waals surface area contributed by atoms with Crippen molar-refractivity contribution in [2.75, 3.05) is 26.2 Å². The van der Waals surface area contributed by atoms with Gasteiger partial charge in [-0.05, 0) is 19.4 Å². The van der Waals surface area contributed by atoms with Crippen LogP contribution in [0.4, 0.5) is 4.79 Å². The molecule has 19 heteroatoms. The zero-order valence-electron chi connectivity index (χ0n) is 23.0. The van der Waals surface area contributed by atoms with Crippen LogP contribution in [0.2, 0.25) is 0 Å². The first-order valence-electron chi connectivity index (χ1n) is 12.9. The highest BCUT2D eigenvalue weighted by molar-refractivity contribution is 8.07. The van der Waals surface area contributed by atoms with Crippen molar-refractivity contribution < 1.29 is 42.8 Å². The van der Waals surface area contributed by atoms with Crippen molar-refractivity contribution in [3.05, 3.63) is 52.7 Å². The fraction of sp³-hybridized carbons (Fsp3) is 0.400. The fourth-order valence-electron chi connectivity index (χ4n) is 4.74. The van der Waals surface area contributed by atoms with E-state index < -0.39 is 85.4 Å². The Morgan fingerprint density at radius 2 is 1.82 bits per heavy atom. The molecule has 15 nitrogen and oxygen atoms in total. The number of nitrogens with zero attached hydrogens (tertiary/aromatic N) is 5. The number of nitrogens with one attached hydrogen (secondary N) is 2. The van der Waals surface area contributed by atoms with Crippen molar-refractivity contribution in [3.8, 4) is 0 Å². The molecule has 0 radical (unpaired) electrons. The van der Waals surface area contributed by atoms with E-state index in [1.54, 1.807) is 25.1 Å². The Bertz CT molecular complexity index is 1500. The Labute approximate surface area is 268 Å². The molecule has 1 aromatic carbocycles. The molecule has 0 bridgehead atoms. The molecule has 4 atom stereocenters. The number of hydrogen-bond donors (Lipinski definition) is 2. The number of piperazine rings is 1. The molecule has 3 unspecified atom stereocenters. The van der Waals surface area contributed by atoms with Crippen LogP contribution >= 0.6 is 34.8 Å². The number of alkyl halides is 3. The highest BCUT2D eigenvalue weighted by Gasteiger charge is 2.65. The van der Waals surface area contributed by atoms with Crippen molar-refractivity contribution in [1.29, 1.82) is 0 Å². The number of imide groups is 1. The Morgan fingerprint density at radius 3 is 2.41 bits per heavy atom. The molecule has 0 aromatic heterocycles. The van der Waals surface area contributed by atoms with Crippen molar-refractivity contribution in [2.24, 2.45) is 0 Å². The van der Waals surface area contributed by atoms with Gasteiger partial charge in [0.2, 0.25) is 15.1 Å². The summed E-state index contributed by atoms with van der Waals surface area (Å²) < 4.78 is 16.3. The van der Waals surface area contributed by atoms with Gasteiger partial charge >= 0.3 is 28.9 Å². The topological polar surface area (TPSA) is 205 Å². The predicted molar refractivity (Wildman–Crippen MR) is 155 cm³/mol. The Kier molecular flexibility index (Phi) is 9.93. The number of β-lactam (4-membered cyclic amide) rings is 1. The monoisotopic (exact) mass is 687 g/mol. The molecule has 3 aliphatic rings. The van der Waals surface area contributed by atoms with Crippen LogP contribution in [0.5, 0.6) is 0 Å². The lowest BCUT2D eigenvalue weighted by Crippen LogP contribution is -2.76. The van der Waals surface area contributed by atoms with Crippen LogP contribution in [0, 0.1) is 0 Å². The summed E-state index contributed by atoms with van der Waals surface area (Å²) in [7, 11) is 0. The maximum Gasteiger partial charge on any atom is 0.490 e. The van der Waals surface area contributed by atoms with Gasteiger partial charge in [-0.1, -0.05) is 65.1 Å². The summed E-state index contributed by atoms with van der Waals surface area (Å²) in [5.74, 6) is -4.91. The summed E-state index contributed by atoms with van der Waals surface area (Å²) in [4.78, 5) is 83.5. The number of carbonyl (C=O) groups excluding carboxylic acids is 6. The van der Waals surface area contributed by atoms with Gasteiger partial charge < -0.3 is 30.4 Å². The molecule has 234 valence electrons. The summed E-state index contributed by atoms with van der Waals surface area (Å²) in [6.45, 7) is 2.51. The zero-order valence-corrected chi connectivity index (χ0v) is 26.1. The van der Waals surface area contributed by atoms with Crippen molar-refractivity contribution in [2.45, 2.75) is 35.1 Å². The van der Waals surface area contributed by atoms with Gasteiger partial charge in [-0.25, -0.2) is 9.59 Å². The highest BCUT2D eigenvalue weighted by Crippen LogP contribution is 2.38. The highest BCUT2D eigenvalue weighted by atomic mass is 35.6. The van der Waals surface area contributed by atoms with E-state index in [1.165, 1.54) is 24.0 Å². The van der Waals surface area contributed by atoms with Gasteiger partial charge in [-0.2, -0.15) is 0 Å². The number of carbonyl (C=O) groups is 6. The minimum absolute atomic E-state index is 0.102. The summed E-state index contributed by atoms with van der Waals surface area (Å²) in [5.41, 5.74) is 9.20. The summed E-state index contributed by atoms with van der Waals surface area (Å²) in [6, 6.07) is 3.79. The SMILES string of the molecule is CCN1CCN(C(=O)NC(C(=O)NC2C(=O)N3C(C(=O)OCC(Cl)(Cl)Cl)=C(C)C(=[N+]=[N-])[S+]([O-])[C@H]23)c2ccccc2)C(=O)C1=O. The van der Waals surface area contributed by atoms with Gasteiger partial charge in [0.25, 0.3) is 5.91 Å². The molecule has 3 aliphatic heterocycles. The number of hydrogen-bond acceptors (Lipinski definition) is 8. The molecular weight excluding hydrogens is 665 g/mol. The standard InChI is InChI=1S/C25H24Cl3N7O8S/c1-3-33-9-10-34(21(39)20(33)38)24(41)31-14(13-7-5-4-6-8-13)17(36)30-15-19(37)35-16(23(40)43-11-25(26,27)28)12(2)18(32-29)44(42)22(15)35/h4-8,14-15,22H,3,9-11H2,1-2H3,(H,30,36)(H,31,41)/t14?,15?,22-,44?/m1/s1. The van der Waals surface area contributed by atoms with Gasteiger partial charge in [-0.15, -0.1) is 4.79 Å². The number of rotatable bonds is 7. The molecule has 2 saturated heterocycles. The number of benzene rings is 1. The number of ether oxygens (including phenoxy) is 1. The lowest BCUT2D eigenvalue weighted by Gasteiger charge is -2.47.